The molecule has 0 unspecified atom stereocenters. The standard InChI is InChI=1S/C13H10FN3O/c1-9-2-3-11(5-15)13(18)17(9)8-10-4-12(14)7-16-6-10/h2-4,6-7H,8H2,1H3. The highest BCUT2D eigenvalue weighted by Crippen LogP contribution is 2.05. The second-order valence-corrected chi connectivity index (χ2v) is 3.90. The molecule has 0 aliphatic carbocycles. The van der Waals surface area contributed by atoms with Crippen molar-refractivity contribution >= 4 is 0 Å². The van der Waals surface area contributed by atoms with E-state index in [-0.39, 0.29) is 17.7 Å². The van der Waals surface area contributed by atoms with Crippen LogP contribution in [0.4, 0.5) is 4.39 Å². The molecule has 0 atom stereocenters. The van der Waals surface area contributed by atoms with Crippen LogP contribution in [0.5, 0.6) is 0 Å². The number of nitriles is 1. The lowest BCUT2D eigenvalue weighted by molar-refractivity contribution is 0.614. The average Bonchev–Trinajstić information content (AvgIpc) is 2.35. The minimum Gasteiger partial charge on any atom is -0.307 e. The minimum absolute atomic E-state index is 0.0740. The van der Waals surface area contributed by atoms with Gasteiger partial charge in [-0.1, -0.05) is 0 Å². The molecule has 2 aromatic heterocycles. The van der Waals surface area contributed by atoms with Gasteiger partial charge in [0, 0.05) is 11.9 Å². The lowest BCUT2D eigenvalue weighted by Crippen LogP contribution is -2.24. The maximum absolute atomic E-state index is 13.0. The molecule has 18 heavy (non-hydrogen) atoms. The van der Waals surface area contributed by atoms with Crippen LogP contribution in [-0.2, 0) is 6.54 Å². The van der Waals surface area contributed by atoms with Crippen molar-refractivity contribution in [3.63, 3.8) is 0 Å². The third-order valence-corrected chi connectivity index (χ3v) is 2.62. The van der Waals surface area contributed by atoms with Crippen molar-refractivity contribution in [2.45, 2.75) is 13.5 Å². The first-order valence-electron chi connectivity index (χ1n) is 5.32. The number of nitrogens with zero attached hydrogens (tertiary/aromatic N) is 3. The third kappa shape index (κ3) is 2.28. The highest BCUT2D eigenvalue weighted by atomic mass is 19.1. The number of hydrogen-bond acceptors (Lipinski definition) is 3. The van der Waals surface area contributed by atoms with Crippen molar-refractivity contribution in [1.82, 2.24) is 9.55 Å². The van der Waals surface area contributed by atoms with Gasteiger partial charge in [-0.25, -0.2) is 4.39 Å². The number of pyridine rings is 2. The molecule has 4 nitrogen and oxygen atoms in total. The Morgan fingerprint density at radius 3 is 2.89 bits per heavy atom. The molecule has 2 heterocycles. The molecule has 0 amide bonds. The molecule has 2 rings (SSSR count). The lowest BCUT2D eigenvalue weighted by Gasteiger charge is -2.09. The number of rotatable bonds is 2. The highest BCUT2D eigenvalue weighted by molar-refractivity contribution is 5.28. The molecule has 0 aliphatic rings. The predicted octanol–water partition coefficient (Wildman–Crippen LogP) is 1.61. The van der Waals surface area contributed by atoms with E-state index in [1.807, 2.05) is 6.07 Å². The van der Waals surface area contributed by atoms with Crippen molar-refractivity contribution in [2.24, 2.45) is 0 Å². The van der Waals surface area contributed by atoms with Gasteiger partial charge in [0.05, 0.1) is 12.7 Å². The first kappa shape index (κ1) is 12.0. The predicted molar refractivity (Wildman–Crippen MR) is 63.5 cm³/mol. The van der Waals surface area contributed by atoms with E-state index in [1.54, 1.807) is 13.0 Å². The summed E-state index contributed by atoms with van der Waals surface area (Å²) in [4.78, 5) is 15.7. The summed E-state index contributed by atoms with van der Waals surface area (Å²) in [6.45, 7) is 1.96. The second-order valence-electron chi connectivity index (χ2n) is 3.90. The van der Waals surface area contributed by atoms with Crippen molar-refractivity contribution in [1.29, 1.82) is 5.26 Å². The third-order valence-electron chi connectivity index (χ3n) is 2.62. The van der Waals surface area contributed by atoms with E-state index in [9.17, 15) is 9.18 Å². The van der Waals surface area contributed by atoms with E-state index in [0.717, 1.165) is 6.20 Å². The Kier molecular flexibility index (Phi) is 3.20. The average molecular weight is 243 g/mol. The number of hydrogen-bond donors (Lipinski definition) is 0. The van der Waals surface area contributed by atoms with Gasteiger partial charge in [-0.3, -0.25) is 9.78 Å². The lowest BCUT2D eigenvalue weighted by atomic mass is 10.2. The fourth-order valence-electron chi connectivity index (χ4n) is 1.68. The van der Waals surface area contributed by atoms with Gasteiger partial charge >= 0.3 is 0 Å². The monoisotopic (exact) mass is 243 g/mol. The molecular formula is C13H10FN3O. The molecule has 5 heteroatoms. The van der Waals surface area contributed by atoms with Gasteiger partial charge in [0.25, 0.3) is 5.56 Å². The summed E-state index contributed by atoms with van der Waals surface area (Å²) in [6.07, 6.45) is 2.60. The Balaban J connectivity index is 2.47. The van der Waals surface area contributed by atoms with Crippen LogP contribution in [0.2, 0.25) is 0 Å². The fraction of sp³-hybridized carbons (Fsp3) is 0.154. The Morgan fingerprint density at radius 1 is 1.44 bits per heavy atom. The Morgan fingerprint density at radius 2 is 2.22 bits per heavy atom. The maximum atomic E-state index is 13.0. The van der Waals surface area contributed by atoms with E-state index in [1.165, 1.54) is 22.9 Å². The van der Waals surface area contributed by atoms with E-state index in [4.69, 9.17) is 5.26 Å². The second kappa shape index (κ2) is 4.80. The number of aromatic nitrogens is 2. The van der Waals surface area contributed by atoms with Gasteiger partial charge in [0.2, 0.25) is 0 Å². The molecule has 0 aliphatic heterocycles. The van der Waals surface area contributed by atoms with Gasteiger partial charge in [-0.05, 0) is 30.7 Å². The normalized spacial score (nSPS) is 10.1. The van der Waals surface area contributed by atoms with Crippen LogP contribution in [0.1, 0.15) is 16.8 Å². The minimum atomic E-state index is -0.449. The molecular weight excluding hydrogens is 233 g/mol. The molecule has 0 spiro atoms. The maximum Gasteiger partial charge on any atom is 0.268 e. The molecule has 0 aromatic carbocycles. The van der Waals surface area contributed by atoms with Gasteiger partial charge < -0.3 is 4.57 Å². The van der Waals surface area contributed by atoms with E-state index in [2.05, 4.69) is 4.98 Å². The smallest absolute Gasteiger partial charge is 0.268 e. The summed E-state index contributed by atoms with van der Waals surface area (Å²) in [7, 11) is 0. The van der Waals surface area contributed by atoms with Gasteiger partial charge in [0.1, 0.15) is 17.4 Å². The van der Waals surface area contributed by atoms with E-state index < -0.39 is 5.82 Å². The summed E-state index contributed by atoms with van der Waals surface area (Å²) in [5.41, 5.74) is 0.991. The van der Waals surface area contributed by atoms with Crippen LogP contribution in [0, 0.1) is 24.1 Å². The van der Waals surface area contributed by atoms with Crippen LogP contribution in [0.3, 0.4) is 0 Å². The zero-order valence-corrected chi connectivity index (χ0v) is 9.72. The fourth-order valence-corrected chi connectivity index (χ4v) is 1.68. The van der Waals surface area contributed by atoms with Gasteiger partial charge in [0.15, 0.2) is 0 Å². The number of halogens is 1. The van der Waals surface area contributed by atoms with Crippen molar-refractivity contribution in [3.05, 3.63) is 63.6 Å². The molecule has 0 saturated heterocycles. The molecule has 0 fully saturated rings. The zero-order chi connectivity index (χ0) is 13.1. The largest absolute Gasteiger partial charge is 0.307 e. The van der Waals surface area contributed by atoms with Gasteiger partial charge in [-0.15, -0.1) is 0 Å². The van der Waals surface area contributed by atoms with Gasteiger partial charge in [-0.2, -0.15) is 5.26 Å². The molecule has 0 N–H and O–H groups in total. The van der Waals surface area contributed by atoms with Crippen molar-refractivity contribution in [3.8, 4) is 6.07 Å². The van der Waals surface area contributed by atoms with E-state index in [0.29, 0.717) is 11.3 Å². The highest BCUT2D eigenvalue weighted by Gasteiger charge is 2.07. The summed E-state index contributed by atoms with van der Waals surface area (Å²) < 4.78 is 14.4. The first-order chi connectivity index (χ1) is 8.61. The molecule has 0 radical (unpaired) electrons. The van der Waals surface area contributed by atoms with Crippen LogP contribution in [-0.4, -0.2) is 9.55 Å². The molecule has 90 valence electrons. The van der Waals surface area contributed by atoms with E-state index >= 15 is 0 Å². The van der Waals surface area contributed by atoms with Crippen molar-refractivity contribution < 1.29 is 4.39 Å². The summed E-state index contributed by atoms with van der Waals surface area (Å²) in [5.74, 6) is -0.449. The first-order valence-corrected chi connectivity index (χ1v) is 5.32. The SMILES string of the molecule is Cc1ccc(C#N)c(=O)n1Cc1cncc(F)c1. The van der Waals surface area contributed by atoms with Crippen LogP contribution in [0.15, 0.2) is 35.4 Å². The summed E-state index contributed by atoms with van der Waals surface area (Å²) in [6, 6.07) is 6.33. The zero-order valence-electron chi connectivity index (χ0n) is 9.72. The number of aryl methyl sites for hydroxylation is 1. The summed E-state index contributed by atoms with van der Waals surface area (Å²) >= 11 is 0. The summed E-state index contributed by atoms with van der Waals surface area (Å²) in [5, 5.41) is 8.81. The Bertz CT molecular complexity index is 685. The van der Waals surface area contributed by atoms with Crippen LogP contribution >= 0.6 is 0 Å². The molecule has 0 saturated carbocycles. The topological polar surface area (TPSA) is 58.7 Å². The van der Waals surface area contributed by atoms with Crippen LogP contribution in [0.25, 0.3) is 0 Å². The molecule has 0 bridgehead atoms. The Labute approximate surface area is 103 Å². The van der Waals surface area contributed by atoms with Crippen LogP contribution < -0.4 is 5.56 Å². The van der Waals surface area contributed by atoms with Crippen molar-refractivity contribution in [2.75, 3.05) is 0 Å². The Hall–Kier alpha value is -2.48. The molecule has 2 aromatic rings. The quantitative estimate of drug-likeness (QED) is 0.805.